The predicted octanol–water partition coefficient (Wildman–Crippen LogP) is 3.08. The normalized spacial score (nSPS) is 12.9. The fourth-order valence-electron chi connectivity index (χ4n) is 1.78. The average Bonchev–Trinajstić information content (AvgIpc) is 2.35. The smallest absolute Gasteiger partial charge is 0.168 e. The second-order valence-electron chi connectivity index (χ2n) is 5.12. The van der Waals surface area contributed by atoms with E-state index in [1.165, 1.54) is 0 Å². The molecular formula is C15H22O3. The first-order valence-electron chi connectivity index (χ1n) is 6.28. The van der Waals surface area contributed by atoms with Crippen LogP contribution in [-0.4, -0.2) is 18.0 Å². The summed E-state index contributed by atoms with van der Waals surface area (Å²) in [5.41, 5.74) is 1.67. The summed E-state index contributed by atoms with van der Waals surface area (Å²) < 4.78 is 5.27. The maximum absolute atomic E-state index is 11.8. The molecule has 0 amide bonds. The number of hydrogen-bond donors (Lipinski definition) is 1. The maximum atomic E-state index is 11.8. The van der Waals surface area contributed by atoms with Gasteiger partial charge in [-0.05, 0) is 17.5 Å². The Morgan fingerprint density at radius 1 is 1.22 bits per heavy atom. The van der Waals surface area contributed by atoms with Gasteiger partial charge in [-0.2, -0.15) is 0 Å². The number of ether oxygens (including phenoxy) is 1. The van der Waals surface area contributed by atoms with Gasteiger partial charge in [-0.15, -0.1) is 0 Å². The van der Waals surface area contributed by atoms with Crippen molar-refractivity contribution >= 4 is 5.78 Å². The molecule has 3 nitrogen and oxygen atoms in total. The van der Waals surface area contributed by atoms with Crippen molar-refractivity contribution in [1.82, 2.24) is 0 Å². The molecule has 0 radical (unpaired) electrons. The van der Waals surface area contributed by atoms with Crippen molar-refractivity contribution in [2.24, 2.45) is 5.92 Å². The fourth-order valence-corrected chi connectivity index (χ4v) is 1.78. The molecule has 0 spiro atoms. The highest BCUT2D eigenvalue weighted by molar-refractivity contribution is 5.86. The lowest BCUT2D eigenvalue weighted by Gasteiger charge is -2.17. The van der Waals surface area contributed by atoms with E-state index in [0.717, 1.165) is 5.56 Å². The molecule has 0 aliphatic carbocycles. The first-order valence-corrected chi connectivity index (χ1v) is 6.28. The van der Waals surface area contributed by atoms with Gasteiger partial charge in [0.05, 0.1) is 7.11 Å². The zero-order valence-corrected chi connectivity index (χ0v) is 11.7. The van der Waals surface area contributed by atoms with E-state index in [1.807, 2.05) is 12.1 Å². The third-order valence-electron chi connectivity index (χ3n) is 3.06. The Morgan fingerprint density at radius 2 is 1.83 bits per heavy atom. The van der Waals surface area contributed by atoms with E-state index in [-0.39, 0.29) is 11.7 Å². The molecule has 0 saturated heterocycles. The number of hydrogen-bond acceptors (Lipinski definition) is 3. The molecule has 1 aromatic rings. The number of benzene rings is 1. The summed E-state index contributed by atoms with van der Waals surface area (Å²) in [7, 11) is 1.55. The highest BCUT2D eigenvalue weighted by Crippen LogP contribution is 2.30. The van der Waals surface area contributed by atoms with Crippen molar-refractivity contribution in [2.75, 3.05) is 7.11 Å². The van der Waals surface area contributed by atoms with E-state index in [1.54, 1.807) is 27.0 Å². The van der Waals surface area contributed by atoms with E-state index in [9.17, 15) is 9.90 Å². The summed E-state index contributed by atoms with van der Waals surface area (Å²) in [5.74, 6) is 0.564. The number of aliphatic hydroxyl groups excluding tert-OH is 1. The minimum atomic E-state index is -1.11. The summed E-state index contributed by atoms with van der Waals surface area (Å²) in [6.07, 6.45) is -1.11. The summed E-state index contributed by atoms with van der Waals surface area (Å²) in [6.45, 7) is 7.73. The summed E-state index contributed by atoms with van der Waals surface area (Å²) in [6, 6.07) is 5.59. The third kappa shape index (κ3) is 3.10. The van der Waals surface area contributed by atoms with Crippen molar-refractivity contribution < 1.29 is 14.6 Å². The maximum Gasteiger partial charge on any atom is 0.168 e. The van der Waals surface area contributed by atoms with Crippen molar-refractivity contribution in [2.45, 2.75) is 39.7 Å². The van der Waals surface area contributed by atoms with Gasteiger partial charge >= 0.3 is 0 Å². The fraction of sp³-hybridized carbons (Fsp3) is 0.533. The predicted molar refractivity (Wildman–Crippen MR) is 71.9 cm³/mol. The summed E-state index contributed by atoms with van der Waals surface area (Å²) in [5, 5.41) is 10.1. The van der Waals surface area contributed by atoms with Crippen LogP contribution in [0.25, 0.3) is 0 Å². The van der Waals surface area contributed by atoms with Crippen LogP contribution in [0.15, 0.2) is 18.2 Å². The van der Waals surface area contributed by atoms with Crippen LogP contribution >= 0.6 is 0 Å². The lowest BCUT2D eigenvalue weighted by Crippen LogP contribution is -2.18. The molecule has 0 aromatic heterocycles. The van der Waals surface area contributed by atoms with Crippen LogP contribution in [0.5, 0.6) is 5.75 Å². The number of aliphatic hydroxyl groups is 1. The Bertz CT molecular complexity index is 422. The highest BCUT2D eigenvalue weighted by Gasteiger charge is 2.23. The molecule has 0 heterocycles. The zero-order valence-electron chi connectivity index (χ0n) is 11.7. The number of ketones is 1. The van der Waals surface area contributed by atoms with Crippen LogP contribution in [0.1, 0.15) is 50.8 Å². The van der Waals surface area contributed by atoms with Crippen molar-refractivity contribution in [3.05, 3.63) is 29.3 Å². The average molecular weight is 250 g/mol. The number of methoxy groups -OCH3 is 1. The van der Waals surface area contributed by atoms with Crippen LogP contribution < -0.4 is 4.74 Å². The first kappa shape index (κ1) is 14.7. The molecule has 0 fully saturated rings. The topological polar surface area (TPSA) is 46.5 Å². The van der Waals surface area contributed by atoms with E-state index in [4.69, 9.17) is 4.74 Å². The molecule has 0 bridgehead atoms. The quantitative estimate of drug-likeness (QED) is 0.873. The van der Waals surface area contributed by atoms with Crippen molar-refractivity contribution in [3.8, 4) is 5.75 Å². The molecular weight excluding hydrogens is 228 g/mol. The standard InChI is InChI=1S/C15H22O3/c1-9(2)11-6-7-12(13(8-11)18-5)15(17)14(16)10(3)4/h6-10,15,17H,1-5H3. The molecule has 18 heavy (non-hydrogen) atoms. The number of Topliss-reactive ketones (excluding diaryl/α,β-unsaturated/α-hetero) is 1. The van der Waals surface area contributed by atoms with Crippen LogP contribution in [0.4, 0.5) is 0 Å². The van der Waals surface area contributed by atoms with Crippen LogP contribution in [0.2, 0.25) is 0 Å². The summed E-state index contributed by atoms with van der Waals surface area (Å²) >= 11 is 0. The molecule has 3 heteroatoms. The van der Waals surface area contributed by atoms with Gasteiger partial charge in [-0.25, -0.2) is 0 Å². The lowest BCUT2D eigenvalue weighted by atomic mass is 9.94. The van der Waals surface area contributed by atoms with E-state index in [2.05, 4.69) is 13.8 Å². The SMILES string of the molecule is COc1cc(C(C)C)ccc1C(O)C(=O)C(C)C. The van der Waals surface area contributed by atoms with Crippen molar-refractivity contribution in [1.29, 1.82) is 0 Å². The van der Waals surface area contributed by atoms with Crippen LogP contribution in [0.3, 0.4) is 0 Å². The lowest BCUT2D eigenvalue weighted by molar-refractivity contribution is -0.130. The molecule has 100 valence electrons. The highest BCUT2D eigenvalue weighted by atomic mass is 16.5. The van der Waals surface area contributed by atoms with Gasteiger partial charge in [0, 0.05) is 11.5 Å². The Balaban J connectivity index is 3.13. The number of carbonyl (C=O) groups excluding carboxylic acids is 1. The van der Waals surface area contributed by atoms with Gasteiger partial charge in [-0.1, -0.05) is 39.8 Å². The molecule has 0 aliphatic rings. The van der Waals surface area contributed by atoms with Gasteiger partial charge in [0.25, 0.3) is 0 Å². The minimum absolute atomic E-state index is 0.189. The van der Waals surface area contributed by atoms with Crippen LogP contribution in [-0.2, 0) is 4.79 Å². The Kier molecular flexibility index (Phi) is 4.91. The van der Waals surface area contributed by atoms with E-state index in [0.29, 0.717) is 17.2 Å². The number of carbonyl (C=O) groups is 1. The largest absolute Gasteiger partial charge is 0.496 e. The molecule has 1 unspecified atom stereocenters. The van der Waals surface area contributed by atoms with Gasteiger partial charge in [-0.3, -0.25) is 4.79 Å². The zero-order chi connectivity index (χ0) is 13.9. The Hall–Kier alpha value is -1.35. The second kappa shape index (κ2) is 6.01. The molecule has 1 aromatic carbocycles. The van der Waals surface area contributed by atoms with Gasteiger partial charge < -0.3 is 9.84 Å². The molecule has 0 saturated carbocycles. The van der Waals surface area contributed by atoms with Gasteiger partial charge in [0.2, 0.25) is 0 Å². The first-order chi connectivity index (χ1) is 8.38. The second-order valence-corrected chi connectivity index (χ2v) is 5.12. The third-order valence-corrected chi connectivity index (χ3v) is 3.06. The monoisotopic (exact) mass is 250 g/mol. The molecule has 1 rings (SSSR count). The van der Waals surface area contributed by atoms with Crippen molar-refractivity contribution in [3.63, 3.8) is 0 Å². The Labute approximate surface area is 109 Å². The number of rotatable bonds is 5. The van der Waals surface area contributed by atoms with Crippen LogP contribution in [0, 0.1) is 5.92 Å². The molecule has 0 aliphatic heterocycles. The van der Waals surface area contributed by atoms with Gasteiger partial charge in [0.15, 0.2) is 5.78 Å². The van der Waals surface area contributed by atoms with E-state index < -0.39 is 6.10 Å². The summed E-state index contributed by atoms with van der Waals surface area (Å²) in [4.78, 5) is 11.8. The van der Waals surface area contributed by atoms with E-state index >= 15 is 0 Å². The molecule has 1 N–H and O–H groups in total. The Morgan fingerprint density at radius 3 is 2.28 bits per heavy atom. The minimum Gasteiger partial charge on any atom is -0.496 e. The molecule has 1 atom stereocenters. The van der Waals surface area contributed by atoms with Gasteiger partial charge in [0.1, 0.15) is 11.9 Å².